The molecule has 140 valence electrons. The standard InChI is InChI=1S/C28H22O/c1-19-15-22-13-8-14-26(27(22)28(19)29)25-17-23(20-9-4-2-5-10-20)16-24(18-25)21-11-6-3-7-12-21/h2-14,16-19H,15H2,1H3. The Morgan fingerprint density at radius 2 is 1.17 bits per heavy atom. The predicted molar refractivity (Wildman–Crippen MR) is 120 cm³/mol. The maximum atomic E-state index is 12.9. The molecule has 0 heterocycles. The average Bonchev–Trinajstić information content (AvgIpc) is 3.08. The third-order valence-electron chi connectivity index (χ3n) is 5.83. The third kappa shape index (κ3) is 3.19. The first-order chi connectivity index (χ1) is 14.2. The van der Waals surface area contributed by atoms with E-state index in [1.807, 2.05) is 19.1 Å². The van der Waals surface area contributed by atoms with Crippen LogP contribution >= 0.6 is 0 Å². The van der Waals surface area contributed by atoms with Gasteiger partial charge in [0.2, 0.25) is 0 Å². The molecule has 5 rings (SSSR count). The summed E-state index contributed by atoms with van der Waals surface area (Å²) in [5.74, 6) is 0.332. The second-order valence-electron chi connectivity index (χ2n) is 7.84. The van der Waals surface area contributed by atoms with Gasteiger partial charge in [0.25, 0.3) is 0 Å². The molecule has 4 aromatic rings. The van der Waals surface area contributed by atoms with Crippen LogP contribution in [0.25, 0.3) is 33.4 Å². The molecule has 0 saturated carbocycles. The van der Waals surface area contributed by atoms with Crippen LogP contribution in [0, 0.1) is 5.92 Å². The second kappa shape index (κ2) is 7.18. The highest BCUT2D eigenvalue weighted by molar-refractivity contribution is 6.07. The lowest BCUT2D eigenvalue weighted by Crippen LogP contribution is -2.04. The summed E-state index contributed by atoms with van der Waals surface area (Å²) in [6.07, 6.45) is 0.839. The molecule has 0 N–H and O–H groups in total. The van der Waals surface area contributed by atoms with E-state index in [-0.39, 0.29) is 11.7 Å². The van der Waals surface area contributed by atoms with E-state index in [0.29, 0.717) is 0 Å². The van der Waals surface area contributed by atoms with Crippen LogP contribution < -0.4 is 0 Å². The van der Waals surface area contributed by atoms with Crippen LogP contribution in [0.15, 0.2) is 97.1 Å². The molecule has 1 atom stereocenters. The van der Waals surface area contributed by atoms with Crippen molar-refractivity contribution in [3.05, 3.63) is 108 Å². The van der Waals surface area contributed by atoms with Crippen molar-refractivity contribution in [2.24, 2.45) is 5.92 Å². The molecule has 1 unspecified atom stereocenters. The minimum absolute atomic E-state index is 0.0667. The quantitative estimate of drug-likeness (QED) is 0.375. The Kier molecular flexibility index (Phi) is 4.37. The molecule has 1 heteroatoms. The van der Waals surface area contributed by atoms with Crippen molar-refractivity contribution < 1.29 is 4.79 Å². The predicted octanol–water partition coefficient (Wildman–Crippen LogP) is 7.06. The Bertz CT molecular complexity index is 1130. The van der Waals surface area contributed by atoms with Crippen molar-refractivity contribution >= 4 is 5.78 Å². The zero-order valence-electron chi connectivity index (χ0n) is 16.4. The van der Waals surface area contributed by atoms with E-state index >= 15 is 0 Å². The Hall–Kier alpha value is -3.45. The summed E-state index contributed by atoms with van der Waals surface area (Å²) in [5, 5.41) is 0. The minimum Gasteiger partial charge on any atom is -0.294 e. The van der Waals surface area contributed by atoms with Crippen LogP contribution in [0.2, 0.25) is 0 Å². The van der Waals surface area contributed by atoms with Gasteiger partial charge in [-0.1, -0.05) is 85.8 Å². The first kappa shape index (κ1) is 17.6. The molecule has 0 saturated heterocycles. The topological polar surface area (TPSA) is 17.1 Å². The normalized spacial score (nSPS) is 15.3. The van der Waals surface area contributed by atoms with Gasteiger partial charge in [0, 0.05) is 11.5 Å². The van der Waals surface area contributed by atoms with Crippen LogP contribution in [-0.4, -0.2) is 5.78 Å². The molecule has 0 bridgehead atoms. The van der Waals surface area contributed by atoms with E-state index in [4.69, 9.17) is 0 Å². The number of carbonyl (C=O) groups is 1. The highest BCUT2D eigenvalue weighted by Crippen LogP contribution is 2.38. The van der Waals surface area contributed by atoms with Gasteiger partial charge in [-0.05, 0) is 63.6 Å². The number of hydrogen-bond donors (Lipinski definition) is 0. The van der Waals surface area contributed by atoms with E-state index in [1.54, 1.807) is 0 Å². The van der Waals surface area contributed by atoms with Gasteiger partial charge in [0.15, 0.2) is 5.78 Å². The van der Waals surface area contributed by atoms with Gasteiger partial charge in [-0.15, -0.1) is 0 Å². The zero-order chi connectivity index (χ0) is 19.8. The van der Waals surface area contributed by atoms with Crippen molar-refractivity contribution in [2.75, 3.05) is 0 Å². The van der Waals surface area contributed by atoms with Gasteiger partial charge in [-0.25, -0.2) is 0 Å². The fourth-order valence-electron chi connectivity index (χ4n) is 4.35. The van der Waals surface area contributed by atoms with Crippen molar-refractivity contribution in [2.45, 2.75) is 13.3 Å². The number of hydrogen-bond acceptors (Lipinski definition) is 1. The largest absolute Gasteiger partial charge is 0.294 e. The Labute approximate surface area is 171 Å². The summed E-state index contributed by atoms with van der Waals surface area (Å²) in [4.78, 5) is 12.9. The van der Waals surface area contributed by atoms with E-state index < -0.39 is 0 Å². The lowest BCUT2D eigenvalue weighted by Gasteiger charge is -2.13. The highest BCUT2D eigenvalue weighted by atomic mass is 16.1. The molecular formula is C28H22O. The van der Waals surface area contributed by atoms with E-state index in [2.05, 4.69) is 84.9 Å². The van der Waals surface area contributed by atoms with Gasteiger partial charge in [0.1, 0.15) is 0 Å². The second-order valence-corrected chi connectivity index (χ2v) is 7.84. The summed E-state index contributed by atoms with van der Waals surface area (Å²) in [5.41, 5.74) is 8.92. The lowest BCUT2D eigenvalue weighted by molar-refractivity contribution is 0.0947. The molecule has 1 aliphatic carbocycles. The van der Waals surface area contributed by atoms with Gasteiger partial charge in [-0.3, -0.25) is 4.79 Å². The zero-order valence-corrected chi connectivity index (χ0v) is 16.4. The molecule has 4 aromatic carbocycles. The highest BCUT2D eigenvalue weighted by Gasteiger charge is 2.29. The van der Waals surface area contributed by atoms with Crippen LogP contribution in [0.5, 0.6) is 0 Å². The number of carbonyl (C=O) groups excluding carboxylic acids is 1. The monoisotopic (exact) mass is 374 g/mol. The maximum absolute atomic E-state index is 12.9. The van der Waals surface area contributed by atoms with Crippen molar-refractivity contribution in [1.82, 2.24) is 0 Å². The van der Waals surface area contributed by atoms with Crippen LogP contribution in [0.4, 0.5) is 0 Å². The number of fused-ring (bicyclic) bond motifs is 1. The van der Waals surface area contributed by atoms with Crippen LogP contribution in [0.1, 0.15) is 22.8 Å². The van der Waals surface area contributed by atoms with E-state index in [9.17, 15) is 4.79 Å². The van der Waals surface area contributed by atoms with E-state index in [0.717, 1.165) is 34.2 Å². The molecule has 0 aromatic heterocycles. The van der Waals surface area contributed by atoms with Crippen molar-refractivity contribution in [3.8, 4) is 33.4 Å². The van der Waals surface area contributed by atoms with Crippen molar-refractivity contribution in [3.63, 3.8) is 0 Å². The summed E-state index contributed by atoms with van der Waals surface area (Å²) in [6.45, 7) is 2.03. The van der Waals surface area contributed by atoms with Gasteiger partial charge in [0.05, 0.1) is 0 Å². The van der Waals surface area contributed by atoms with Gasteiger partial charge < -0.3 is 0 Å². The Morgan fingerprint density at radius 3 is 1.76 bits per heavy atom. The first-order valence-electron chi connectivity index (χ1n) is 10.1. The molecule has 0 fully saturated rings. The summed E-state index contributed by atoms with van der Waals surface area (Å²) < 4.78 is 0. The Morgan fingerprint density at radius 1 is 0.621 bits per heavy atom. The SMILES string of the molecule is CC1Cc2cccc(-c3cc(-c4ccccc4)cc(-c4ccccc4)c3)c2C1=O. The summed E-state index contributed by atoms with van der Waals surface area (Å²) in [7, 11) is 0. The van der Waals surface area contributed by atoms with Gasteiger partial charge >= 0.3 is 0 Å². The fourth-order valence-corrected chi connectivity index (χ4v) is 4.35. The molecule has 0 aliphatic heterocycles. The lowest BCUT2D eigenvalue weighted by atomic mass is 9.90. The molecular weight excluding hydrogens is 352 g/mol. The molecule has 0 amide bonds. The number of rotatable bonds is 3. The first-order valence-corrected chi connectivity index (χ1v) is 10.1. The van der Waals surface area contributed by atoms with Crippen LogP contribution in [-0.2, 0) is 6.42 Å². The Balaban J connectivity index is 1.75. The summed E-state index contributed by atoms with van der Waals surface area (Å²) >= 11 is 0. The molecule has 1 nitrogen and oxygen atoms in total. The van der Waals surface area contributed by atoms with E-state index in [1.165, 1.54) is 16.7 Å². The number of benzene rings is 4. The molecule has 0 radical (unpaired) electrons. The molecule has 1 aliphatic rings. The smallest absolute Gasteiger partial charge is 0.166 e. The number of ketones is 1. The average molecular weight is 374 g/mol. The van der Waals surface area contributed by atoms with Crippen LogP contribution in [0.3, 0.4) is 0 Å². The maximum Gasteiger partial charge on any atom is 0.166 e. The molecule has 29 heavy (non-hydrogen) atoms. The number of Topliss-reactive ketones (excluding diaryl/α,β-unsaturated/α-hetero) is 1. The summed E-state index contributed by atoms with van der Waals surface area (Å²) in [6, 6.07) is 33.8. The van der Waals surface area contributed by atoms with Gasteiger partial charge in [-0.2, -0.15) is 0 Å². The van der Waals surface area contributed by atoms with Crippen molar-refractivity contribution in [1.29, 1.82) is 0 Å². The third-order valence-corrected chi connectivity index (χ3v) is 5.83. The minimum atomic E-state index is 0.0667. The fraction of sp³-hybridized carbons (Fsp3) is 0.107. The molecule has 0 spiro atoms.